The van der Waals surface area contributed by atoms with Gasteiger partial charge in [-0.2, -0.15) is 13.2 Å². The SMILES string of the molecule is CCCCCOc1ccc(NC(=S)NC(=O)c2nc(C)oc2C(F)(F)F)cn1. The lowest BCUT2D eigenvalue weighted by atomic mass is 10.3. The topological polar surface area (TPSA) is 89.3 Å². The molecule has 0 aliphatic carbocycles. The molecule has 0 bridgehead atoms. The highest BCUT2D eigenvalue weighted by atomic mass is 32.1. The molecule has 0 spiro atoms. The average molecular weight is 416 g/mol. The van der Waals surface area contributed by atoms with Crippen molar-refractivity contribution in [2.75, 3.05) is 11.9 Å². The van der Waals surface area contributed by atoms with Gasteiger partial charge in [0.25, 0.3) is 5.91 Å². The molecule has 2 N–H and O–H groups in total. The number of hydrogen-bond acceptors (Lipinski definition) is 6. The molecule has 0 fully saturated rings. The van der Waals surface area contributed by atoms with Crippen molar-refractivity contribution in [3.05, 3.63) is 35.7 Å². The van der Waals surface area contributed by atoms with Gasteiger partial charge in [-0.15, -0.1) is 0 Å². The Bertz CT molecular complexity index is 822. The van der Waals surface area contributed by atoms with Crippen LogP contribution in [-0.4, -0.2) is 27.6 Å². The van der Waals surface area contributed by atoms with Gasteiger partial charge < -0.3 is 14.5 Å². The quantitative estimate of drug-likeness (QED) is 0.519. The molecule has 7 nitrogen and oxygen atoms in total. The Morgan fingerprint density at radius 2 is 2.07 bits per heavy atom. The van der Waals surface area contributed by atoms with Crippen LogP contribution in [0, 0.1) is 6.92 Å². The van der Waals surface area contributed by atoms with Crippen molar-refractivity contribution in [2.45, 2.75) is 39.3 Å². The van der Waals surface area contributed by atoms with Gasteiger partial charge in [-0.05, 0) is 24.7 Å². The van der Waals surface area contributed by atoms with Crippen molar-refractivity contribution in [1.29, 1.82) is 0 Å². The molecule has 1 amide bonds. The van der Waals surface area contributed by atoms with Crippen molar-refractivity contribution >= 4 is 28.9 Å². The molecule has 0 aromatic carbocycles. The van der Waals surface area contributed by atoms with Crippen LogP contribution < -0.4 is 15.4 Å². The molecular formula is C17H19F3N4O3S. The Balaban J connectivity index is 1.93. The summed E-state index contributed by atoms with van der Waals surface area (Å²) in [5.74, 6) is -2.46. The second-order valence-corrected chi connectivity index (χ2v) is 6.17. The van der Waals surface area contributed by atoms with E-state index in [4.69, 9.17) is 17.0 Å². The molecule has 0 saturated heterocycles. The second kappa shape index (κ2) is 9.49. The molecule has 0 saturated carbocycles. The molecule has 152 valence electrons. The van der Waals surface area contributed by atoms with Crippen molar-refractivity contribution in [3.63, 3.8) is 0 Å². The van der Waals surface area contributed by atoms with Crippen LogP contribution in [0.5, 0.6) is 5.88 Å². The summed E-state index contributed by atoms with van der Waals surface area (Å²) in [6, 6.07) is 3.23. The van der Waals surface area contributed by atoms with E-state index in [1.807, 2.05) is 0 Å². The third-order valence-corrected chi connectivity index (χ3v) is 3.63. The van der Waals surface area contributed by atoms with Crippen LogP contribution in [0.1, 0.15) is 48.3 Å². The molecule has 0 radical (unpaired) electrons. The fourth-order valence-electron chi connectivity index (χ4n) is 2.17. The zero-order chi connectivity index (χ0) is 20.7. The van der Waals surface area contributed by atoms with Crippen LogP contribution in [0.3, 0.4) is 0 Å². The summed E-state index contributed by atoms with van der Waals surface area (Å²) in [5, 5.41) is 4.58. The fraction of sp³-hybridized carbons (Fsp3) is 0.412. The van der Waals surface area contributed by atoms with E-state index in [2.05, 4.69) is 31.9 Å². The van der Waals surface area contributed by atoms with Crippen LogP contribution in [0.4, 0.5) is 18.9 Å². The predicted octanol–water partition coefficient (Wildman–Crippen LogP) is 4.09. The summed E-state index contributed by atoms with van der Waals surface area (Å²) >= 11 is 4.95. The monoisotopic (exact) mass is 416 g/mol. The Kier molecular flexibility index (Phi) is 7.32. The summed E-state index contributed by atoms with van der Waals surface area (Å²) in [6.07, 6.45) is -0.347. The maximum atomic E-state index is 12.9. The molecule has 2 aromatic heterocycles. The number of thiocarbonyl (C=S) groups is 1. The number of rotatable bonds is 7. The van der Waals surface area contributed by atoms with Gasteiger partial charge in [-0.1, -0.05) is 19.8 Å². The van der Waals surface area contributed by atoms with E-state index in [0.717, 1.165) is 19.3 Å². The molecule has 2 rings (SSSR count). The molecular weight excluding hydrogens is 397 g/mol. The largest absolute Gasteiger partial charge is 0.478 e. The van der Waals surface area contributed by atoms with Gasteiger partial charge in [-0.25, -0.2) is 9.97 Å². The fourth-order valence-corrected chi connectivity index (χ4v) is 2.38. The number of unbranched alkanes of at least 4 members (excludes halogenated alkanes) is 2. The lowest BCUT2D eigenvalue weighted by Gasteiger charge is -2.10. The molecule has 11 heteroatoms. The Morgan fingerprint density at radius 1 is 1.32 bits per heavy atom. The van der Waals surface area contributed by atoms with E-state index in [-0.39, 0.29) is 11.0 Å². The van der Waals surface area contributed by atoms with E-state index in [9.17, 15) is 18.0 Å². The van der Waals surface area contributed by atoms with E-state index in [1.165, 1.54) is 13.1 Å². The second-order valence-electron chi connectivity index (χ2n) is 5.76. The van der Waals surface area contributed by atoms with E-state index in [0.29, 0.717) is 18.2 Å². The highest BCUT2D eigenvalue weighted by Crippen LogP contribution is 2.32. The predicted molar refractivity (Wildman–Crippen MR) is 99.2 cm³/mol. The molecule has 0 aliphatic heterocycles. The van der Waals surface area contributed by atoms with Crippen LogP contribution in [0.2, 0.25) is 0 Å². The summed E-state index contributed by atoms with van der Waals surface area (Å²) in [4.78, 5) is 19.6. The zero-order valence-electron chi connectivity index (χ0n) is 15.2. The van der Waals surface area contributed by atoms with Crippen LogP contribution >= 0.6 is 12.2 Å². The third kappa shape index (κ3) is 6.19. The molecule has 28 heavy (non-hydrogen) atoms. The number of amides is 1. The number of pyridine rings is 1. The van der Waals surface area contributed by atoms with E-state index < -0.39 is 23.5 Å². The number of ether oxygens (including phenoxy) is 1. The molecule has 2 aromatic rings. The Hall–Kier alpha value is -2.69. The minimum atomic E-state index is -4.85. The number of alkyl halides is 3. The Morgan fingerprint density at radius 3 is 2.68 bits per heavy atom. The highest BCUT2D eigenvalue weighted by Gasteiger charge is 2.41. The van der Waals surface area contributed by atoms with Gasteiger partial charge in [0.05, 0.1) is 18.5 Å². The number of carbonyl (C=O) groups is 1. The lowest BCUT2D eigenvalue weighted by Crippen LogP contribution is -2.35. The van der Waals surface area contributed by atoms with Crippen LogP contribution in [0.15, 0.2) is 22.7 Å². The average Bonchev–Trinajstić information content (AvgIpc) is 3.02. The number of nitrogens with zero attached hydrogens (tertiary/aromatic N) is 2. The first-order chi connectivity index (χ1) is 13.2. The number of aromatic nitrogens is 2. The first-order valence-corrected chi connectivity index (χ1v) is 8.87. The molecule has 0 atom stereocenters. The maximum absolute atomic E-state index is 12.9. The van der Waals surface area contributed by atoms with Crippen molar-refractivity contribution in [1.82, 2.24) is 15.3 Å². The number of hydrogen-bond donors (Lipinski definition) is 2. The molecule has 0 aliphatic rings. The summed E-state index contributed by atoms with van der Waals surface area (Å²) in [7, 11) is 0. The van der Waals surface area contributed by atoms with Crippen LogP contribution in [-0.2, 0) is 6.18 Å². The lowest BCUT2D eigenvalue weighted by molar-refractivity contribution is -0.153. The number of oxazole rings is 1. The summed E-state index contributed by atoms with van der Waals surface area (Å²) in [6.45, 7) is 3.86. The highest BCUT2D eigenvalue weighted by molar-refractivity contribution is 7.80. The van der Waals surface area contributed by atoms with Crippen molar-refractivity contribution in [3.8, 4) is 5.88 Å². The van der Waals surface area contributed by atoms with Gasteiger partial charge in [0, 0.05) is 13.0 Å². The van der Waals surface area contributed by atoms with Gasteiger partial charge in [-0.3, -0.25) is 10.1 Å². The number of nitrogens with one attached hydrogen (secondary N) is 2. The third-order valence-electron chi connectivity index (χ3n) is 3.43. The molecule has 0 unspecified atom stereocenters. The number of anilines is 1. The molecule has 2 heterocycles. The zero-order valence-corrected chi connectivity index (χ0v) is 16.0. The Labute approximate surface area is 164 Å². The maximum Gasteiger partial charge on any atom is 0.452 e. The van der Waals surface area contributed by atoms with Gasteiger partial charge in [0.2, 0.25) is 11.6 Å². The minimum absolute atomic E-state index is 0.211. The van der Waals surface area contributed by atoms with Gasteiger partial charge in [0.1, 0.15) is 0 Å². The minimum Gasteiger partial charge on any atom is -0.478 e. The van der Waals surface area contributed by atoms with Crippen molar-refractivity contribution in [2.24, 2.45) is 0 Å². The van der Waals surface area contributed by atoms with E-state index in [1.54, 1.807) is 12.1 Å². The number of aryl methyl sites for hydroxylation is 1. The van der Waals surface area contributed by atoms with Gasteiger partial charge in [0.15, 0.2) is 16.7 Å². The standard InChI is InChI=1S/C17H19F3N4O3S/c1-3-4-5-8-26-12-7-6-11(9-21-12)23-16(28)24-15(25)13-14(17(18,19)20)27-10(2)22-13/h6-7,9H,3-5,8H2,1-2H3,(H2,23,24,25,28). The van der Waals surface area contributed by atoms with E-state index >= 15 is 0 Å². The summed E-state index contributed by atoms with van der Waals surface area (Å²) in [5.41, 5.74) is -0.457. The summed E-state index contributed by atoms with van der Waals surface area (Å²) < 4.78 is 48.6. The smallest absolute Gasteiger partial charge is 0.452 e. The van der Waals surface area contributed by atoms with Gasteiger partial charge >= 0.3 is 6.18 Å². The first kappa shape index (κ1) is 21.6. The number of carbonyl (C=O) groups excluding carboxylic acids is 1. The normalized spacial score (nSPS) is 11.2. The van der Waals surface area contributed by atoms with Crippen LogP contribution in [0.25, 0.3) is 0 Å². The van der Waals surface area contributed by atoms with Crippen molar-refractivity contribution < 1.29 is 27.1 Å². The first-order valence-electron chi connectivity index (χ1n) is 8.46. The number of halogens is 3.